The molecule has 88 valence electrons. The molecule has 1 nitrogen and oxygen atoms in total. The van der Waals surface area contributed by atoms with Gasteiger partial charge in [-0.25, -0.2) is 4.39 Å². The van der Waals surface area contributed by atoms with E-state index in [0.717, 1.165) is 4.88 Å². The van der Waals surface area contributed by atoms with Gasteiger partial charge in [0, 0.05) is 11.3 Å². The molecule has 0 atom stereocenters. The average Bonchev–Trinajstić information content (AvgIpc) is 2.72. The zero-order valence-corrected chi connectivity index (χ0v) is 10.7. The summed E-state index contributed by atoms with van der Waals surface area (Å²) >= 11 is 7.08. The summed E-state index contributed by atoms with van der Waals surface area (Å²) in [6.07, 6.45) is 0.0480. The normalized spacial score (nSPS) is 10.5. The van der Waals surface area contributed by atoms with Crippen LogP contribution in [0.15, 0.2) is 30.3 Å². The molecule has 2 aromatic rings. The van der Waals surface area contributed by atoms with Crippen molar-refractivity contribution in [2.75, 3.05) is 0 Å². The molecule has 0 spiro atoms. The minimum Gasteiger partial charge on any atom is -0.293 e. The number of benzene rings is 1. The second kappa shape index (κ2) is 4.98. The smallest absolute Gasteiger partial charge is 0.177 e. The van der Waals surface area contributed by atoms with E-state index in [9.17, 15) is 9.18 Å². The van der Waals surface area contributed by atoms with Gasteiger partial charge in [-0.2, -0.15) is 0 Å². The van der Waals surface area contributed by atoms with Crippen molar-refractivity contribution >= 4 is 28.7 Å². The Labute approximate surface area is 108 Å². The Hall–Kier alpha value is -1.19. The van der Waals surface area contributed by atoms with E-state index in [-0.39, 0.29) is 17.2 Å². The number of carbonyl (C=O) groups excluding carboxylic acids is 1. The molecule has 4 heteroatoms. The maximum Gasteiger partial charge on any atom is 0.177 e. The van der Waals surface area contributed by atoms with E-state index in [1.165, 1.54) is 17.4 Å². The molecule has 0 saturated heterocycles. The van der Waals surface area contributed by atoms with Gasteiger partial charge in [0.1, 0.15) is 5.82 Å². The molecular formula is C13H10ClFOS. The number of halogens is 2. The highest BCUT2D eigenvalue weighted by atomic mass is 35.5. The Balaban J connectivity index is 2.21. The van der Waals surface area contributed by atoms with Crippen molar-refractivity contribution in [3.05, 3.63) is 56.5 Å². The first-order chi connectivity index (χ1) is 8.08. The first-order valence-corrected chi connectivity index (χ1v) is 6.30. The van der Waals surface area contributed by atoms with Crippen molar-refractivity contribution in [2.24, 2.45) is 0 Å². The number of hydrogen-bond acceptors (Lipinski definition) is 2. The van der Waals surface area contributed by atoms with E-state index in [1.807, 2.05) is 13.0 Å². The average molecular weight is 269 g/mol. The van der Waals surface area contributed by atoms with Gasteiger partial charge in [0.05, 0.1) is 9.90 Å². The molecule has 0 aliphatic rings. The maximum absolute atomic E-state index is 13.6. The molecule has 17 heavy (non-hydrogen) atoms. The number of ketones is 1. The van der Waals surface area contributed by atoms with Gasteiger partial charge in [-0.1, -0.05) is 23.7 Å². The van der Waals surface area contributed by atoms with Crippen LogP contribution in [0.4, 0.5) is 4.39 Å². The molecular weight excluding hydrogens is 259 g/mol. The summed E-state index contributed by atoms with van der Waals surface area (Å²) in [5.74, 6) is -0.583. The van der Waals surface area contributed by atoms with Gasteiger partial charge in [0.2, 0.25) is 0 Å². The zero-order chi connectivity index (χ0) is 12.4. The van der Waals surface area contributed by atoms with Crippen molar-refractivity contribution < 1.29 is 9.18 Å². The summed E-state index contributed by atoms with van der Waals surface area (Å²) in [5.41, 5.74) is 0.341. The van der Waals surface area contributed by atoms with Crippen LogP contribution in [0.1, 0.15) is 20.1 Å². The Bertz CT molecular complexity index is 562. The van der Waals surface area contributed by atoms with Gasteiger partial charge >= 0.3 is 0 Å². The van der Waals surface area contributed by atoms with Gasteiger partial charge in [-0.3, -0.25) is 4.79 Å². The van der Waals surface area contributed by atoms with Crippen LogP contribution in [-0.4, -0.2) is 5.78 Å². The van der Waals surface area contributed by atoms with Crippen LogP contribution in [0.5, 0.6) is 0 Å². The summed E-state index contributed by atoms with van der Waals surface area (Å²) in [4.78, 5) is 13.6. The third-order valence-electron chi connectivity index (χ3n) is 2.40. The predicted molar refractivity (Wildman–Crippen MR) is 68.5 cm³/mol. The van der Waals surface area contributed by atoms with Crippen molar-refractivity contribution in [3.8, 4) is 0 Å². The van der Waals surface area contributed by atoms with Crippen LogP contribution in [-0.2, 0) is 6.42 Å². The Morgan fingerprint density at radius 1 is 1.35 bits per heavy atom. The number of carbonyl (C=O) groups is 1. The quantitative estimate of drug-likeness (QED) is 0.760. The minimum atomic E-state index is -0.504. The minimum absolute atomic E-state index is 0.0480. The fraction of sp³-hybridized carbons (Fsp3) is 0.154. The summed E-state index contributed by atoms with van der Waals surface area (Å²) in [5, 5.41) is 0.0534. The summed E-state index contributed by atoms with van der Waals surface area (Å²) in [7, 11) is 0. The number of thiophene rings is 1. The van der Waals surface area contributed by atoms with Crippen LogP contribution < -0.4 is 0 Å². The monoisotopic (exact) mass is 268 g/mol. The molecule has 0 amide bonds. The topological polar surface area (TPSA) is 17.1 Å². The van der Waals surface area contributed by atoms with E-state index in [2.05, 4.69) is 0 Å². The Morgan fingerprint density at radius 3 is 2.76 bits per heavy atom. The third-order valence-corrected chi connectivity index (χ3v) is 3.73. The lowest BCUT2D eigenvalue weighted by atomic mass is 10.1. The second-order valence-corrected chi connectivity index (χ2v) is 5.42. The van der Waals surface area contributed by atoms with Gasteiger partial charge in [-0.05, 0) is 30.7 Å². The zero-order valence-electron chi connectivity index (χ0n) is 9.17. The first kappa shape index (κ1) is 12.3. The van der Waals surface area contributed by atoms with E-state index < -0.39 is 5.82 Å². The second-order valence-electron chi connectivity index (χ2n) is 3.72. The molecule has 0 aliphatic carbocycles. The number of aryl methyl sites for hydroxylation is 1. The fourth-order valence-electron chi connectivity index (χ4n) is 1.53. The predicted octanol–water partition coefficient (Wildman–Crippen LogP) is 4.27. The Kier molecular flexibility index (Phi) is 3.60. The van der Waals surface area contributed by atoms with Crippen molar-refractivity contribution in [3.63, 3.8) is 0 Å². The number of hydrogen-bond donors (Lipinski definition) is 0. The fourth-order valence-corrected chi connectivity index (χ4v) is 2.53. The third kappa shape index (κ3) is 2.73. The number of rotatable bonds is 3. The van der Waals surface area contributed by atoms with E-state index in [1.54, 1.807) is 18.2 Å². The van der Waals surface area contributed by atoms with Crippen molar-refractivity contribution in [1.82, 2.24) is 0 Å². The molecule has 1 heterocycles. The van der Waals surface area contributed by atoms with Crippen LogP contribution in [0.2, 0.25) is 5.02 Å². The summed E-state index contributed by atoms with van der Waals surface area (Å²) in [6.45, 7) is 1.93. The lowest BCUT2D eigenvalue weighted by Gasteiger charge is -2.02. The Morgan fingerprint density at radius 2 is 2.12 bits per heavy atom. The largest absolute Gasteiger partial charge is 0.293 e. The molecule has 1 aromatic heterocycles. The van der Waals surface area contributed by atoms with Gasteiger partial charge < -0.3 is 0 Å². The molecule has 0 fully saturated rings. The lowest BCUT2D eigenvalue weighted by molar-refractivity contribution is 0.0995. The first-order valence-electron chi connectivity index (χ1n) is 5.10. The molecule has 0 radical (unpaired) electrons. The van der Waals surface area contributed by atoms with Crippen LogP contribution in [0, 0.1) is 12.7 Å². The van der Waals surface area contributed by atoms with Crippen molar-refractivity contribution in [1.29, 1.82) is 0 Å². The maximum atomic E-state index is 13.6. The van der Waals surface area contributed by atoms with Crippen LogP contribution in [0.25, 0.3) is 0 Å². The standard InChI is InChI=1S/C13H10ClFOS/c1-8-5-6-12(17-8)11(16)7-9-3-2-4-10(14)13(9)15/h2-6H,7H2,1H3. The van der Waals surface area contributed by atoms with Gasteiger partial charge in [0.15, 0.2) is 5.78 Å². The molecule has 0 aliphatic heterocycles. The SMILES string of the molecule is Cc1ccc(C(=O)Cc2cccc(Cl)c2F)s1. The van der Waals surface area contributed by atoms with Gasteiger partial charge in [0.25, 0.3) is 0 Å². The van der Waals surface area contributed by atoms with E-state index >= 15 is 0 Å². The van der Waals surface area contributed by atoms with E-state index in [0.29, 0.717) is 10.4 Å². The van der Waals surface area contributed by atoms with E-state index in [4.69, 9.17) is 11.6 Å². The molecule has 0 saturated carbocycles. The van der Waals surface area contributed by atoms with Gasteiger partial charge in [-0.15, -0.1) is 11.3 Å². The highest BCUT2D eigenvalue weighted by Gasteiger charge is 2.13. The van der Waals surface area contributed by atoms with Crippen molar-refractivity contribution in [2.45, 2.75) is 13.3 Å². The number of Topliss-reactive ketones (excluding diaryl/α,β-unsaturated/α-hetero) is 1. The van der Waals surface area contributed by atoms with Crippen LogP contribution in [0.3, 0.4) is 0 Å². The molecule has 0 bridgehead atoms. The summed E-state index contributed by atoms with van der Waals surface area (Å²) < 4.78 is 13.6. The molecule has 1 aromatic carbocycles. The highest BCUT2D eigenvalue weighted by molar-refractivity contribution is 7.14. The highest BCUT2D eigenvalue weighted by Crippen LogP contribution is 2.21. The van der Waals surface area contributed by atoms with Crippen LogP contribution >= 0.6 is 22.9 Å². The summed E-state index contributed by atoms with van der Waals surface area (Å²) in [6, 6.07) is 8.35. The lowest BCUT2D eigenvalue weighted by Crippen LogP contribution is -2.03. The molecule has 0 N–H and O–H groups in total. The molecule has 2 rings (SSSR count). The molecule has 0 unspecified atom stereocenters.